The molecule has 0 saturated heterocycles. The molecule has 2 aromatic heterocycles. The summed E-state index contributed by atoms with van der Waals surface area (Å²) in [7, 11) is 0. The van der Waals surface area contributed by atoms with E-state index in [0.29, 0.717) is 21.5 Å². The van der Waals surface area contributed by atoms with Crippen LogP contribution in [0.1, 0.15) is 20.9 Å². The van der Waals surface area contributed by atoms with Gasteiger partial charge >= 0.3 is 0 Å². The summed E-state index contributed by atoms with van der Waals surface area (Å²) in [5, 5.41) is 5.23. The van der Waals surface area contributed by atoms with Crippen molar-refractivity contribution in [2.24, 2.45) is 0 Å². The van der Waals surface area contributed by atoms with E-state index in [-0.39, 0.29) is 12.3 Å². The topological polar surface area (TPSA) is 64.8 Å². The van der Waals surface area contributed by atoms with Crippen LogP contribution in [-0.4, -0.2) is 20.5 Å². The molecular formula is C21H16FN3O2S. The third-order valence-corrected chi connectivity index (χ3v) is 5.37. The average molecular weight is 393 g/mol. The summed E-state index contributed by atoms with van der Waals surface area (Å²) < 4.78 is 14.9. The van der Waals surface area contributed by atoms with Crippen molar-refractivity contribution in [1.82, 2.24) is 14.8 Å². The molecule has 0 N–H and O–H groups in total. The Morgan fingerprint density at radius 2 is 1.75 bits per heavy atom. The second-order valence-corrected chi connectivity index (χ2v) is 7.72. The van der Waals surface area contributed by atoms with Crippen LogP contribution in [0.2, 0.25) is 0 Å². The lowest BCUT2D eigenvalue weighted by molar-refractivity contribution is 0.0966. The van der Waals surface area contributed by atoms with E-state index >= 15 is 0 Å². The number of hydrogen-bond acceptors (Lipinski definition) is 5. The summed E-state index contributed by atoms with van der Waals surface area (Å²) in [6.07, 6.45) is 0. The Bertz CT molecular complexity index is 1240. The summed E-state index contributed by atoms with van der Waals surface area (Å²) in [6.45, 7) is 3.58. The van der Waals surface area contributed by atoms with E-state index in [1.54, 1.807) is 0 Å². The Hall–Kier alpha value is -3.19. The Morgan fingerprint density at radius 3 is 2.43 bits per heavy atom. The summed E-state index contributed by atoms with van der Waals surface area (Å²) >= 11 is 1.40. The molecule has 140 valence electrons. The molecule has 0 amide bonds. The van der Waals surface area contributed by atoms with Gasteiger partial charge < -0.3 is 0 Å². The molecule has 0 spiro atoms. The minimum absolute atomic E-state index is 0.240. The fourth-order valence-electron chi connectivity index (χ4n) is 2.94. The van der Waals surface area contributed by atoms with E-state index in [1.165, 1.54) is 35.6 Å². The van der Waals surface area contributed by atoms with E-state index in [2.05, 4.69) is 10.1 Å². The number of benzene rings is 2. The van der Waals surface area contributed by atoms with Crippen LogP contribution < -0.4 is 5.56 Å². The zero-order chi connectivity index (χ0) is 19.8. The number of aromatic nitrogens is 3. The van der Waals surface area contributed by atoms with Crippen molar-refractivity contribution in [2.75, 3.05) is 0 Å². The molecule has 0 bridgehead atoms. The number of thiazole rings is 1. The van der Waals surface area contributed by atoms with E-state index in [9.17, 15) is 14.0 Å². The molecule has 0 radical (unpaired) electrons. The van der Waals surface area contributed by atoms with Crippen LogP contribution >= 0.6 is 11.3 Å². The van der Waals surface area contributed by atoms with Crippen molar-refractivity contribution >= 4 is 27.3 Å². The number of Topliss-reactive ketones (excluding diaryl/α,β-unsaturated/α-hetero) is 1. The number of carbonyl (C=O) groups is 1. The molecule has 0 fully saturated rings. The van der Waals surface area contributed by atoms with Gasteiger partial charge in [0.1, 0.15) is 18.1 Å². The number of fused-ring (bicyclic) bond motifs is 1. The van der Waals surface area contributed by atoms with Gasteiger partial charge in [-0.15, -0.1) is 11.3 Å². The molecular weight excluding hydrogens is 377 g/mol. The molecule has 4 rings (SSSR count). The van der Waals surface area contributed by atoms with Gasteiger partial charge in [0.05, 0.1) is 9.71 Å². The van der Waals surface area contributed by atoms with Crippen molar-refractivity contribution < 1.29 is 9.18 Å². The highest BCUT2D eigenvalue weighted by Crippen LogP contribution is 2.29. The zero-order valence-electron chi connectivity index (χ0n) is 15.3. The minimum Gasteiger partial charge on any atom is -0.292 e. The average Bonchev–Trinajstić information content (AvgIpc) is 3.07. The first-order valence-electron chi connectivity index (χ1n) is 8.66. The third-order valence-electron chi connectivity index (χ3n) is 4.39. The SMILES string of the molecule is Cc1ccc(-c2nn(CC(=O)c3ccc(F)cc3)c(=O)c3nc(C)sc23)cc1. The molecule has 0 aliphatic rings. The van der Waals surface area contributed by atoms with Crippen LogP contribution in [-0.2, 0) is 6.54 Å². The quantitative estimate of drug-likeness (QED) is 0.489. The maximum atomic E-state index is 13.1. The van der Waals surface area contributed by atoms with Gasteiger partial charge in [0, 0.05) is 11.1 Å². The number of nitrogens with zero attached hydrogens (tertiary/aromatic N) is 3. The molecule has 0 unspecified atom stereocenters. The van der Waals surface area contributed by atoms with Crippen LogP contribution in [0.3, 0.4) is 0 Å². The van der Waals surface area contributed by atoms with E-state index in [4.69, 9.17) is 0 Å². The van der Waals surface area contributed by atoms with Crippen molar-refractivity contribution in [3.63, 3.8) is 0 Å². The first-order valence-corrected chi connectivity index (χ1v) is 9.48. The summed E-state index contributed by atoms with van der Waals surface area (Å²) in [5.74, 6) is -0.747. The monoisotopic (exact) mass is 393 g/mol. The number of carbonyl (C=O) groups excluding carboxylic acids is 1. The number of rotatable bonds is 4. The Morgan fingerprint density at radius 1 is 1.07 bits per heavy atom. The molecule has 28 heavy (non-hydrogen) atoms. The smallest absolute Gasteiger partial charge is 0.292 e. The largest absolute Gasteiger partial charge is 0.294 e. The molecule has 5 nitrogen and oxygen atoms in total. The van der Waals surface area contributed by atoms with Crippen molar-refractivity contribution in [3.05, 3.63) is 80.8 Å². The fourth-order valence-corrected chi connectivity index (χ4v) is 3.85. The van der Waals surface area contributed by atoms with Crippen molar-refractivity contribution in [1.29, 1.82) is 0 Å². The molecule has 0 aliphatic heterocycles. The molecule has 4 aromatic rings. The summed E-state index contributed by atoms with van der Waals surface area (Å²) in [5.41, 5.74) is 2.79. The highest BCUT2D eigenvalue weighted by molar-refractivity contribution is 7.19. The first-order chi connectivity index (χ1) is 13.4. The first kappa shape index (κ1) is 18.2. The van der Waals surface area contributed by atoms with Crippen LogP contribution in [0.25, 0.3) is 21.5 Å². The predicted octanol–water partition coefficient (Wildman–Crippen LogP) is 4.16. The second kappa shape index (κ2) is 7.09. The number of hydrogen-bond donors (Lipinski definition) is 0. The van der Waals surface area contributed by atoms with Gasteiger partial charge in [-0.3, -0.25) is 9.59 Å². The predicted molar refractivity (Wildman–Crippen MR) is 107 cm³/mol. The fraction of sp³-hybridized carbons (Fsp3) is 0.143. The summed E-state index contributed by atoms with van der Waals surface area (Å²) in [6, 6.07) is 13.0. The van der Waals surface area contributed by atoms with Crippen LogP contribution in [0.4, 0.5) is 4.39 Å². The van der Waals surface area contributed by atoms with Crippen molar-refractivity contribution in [3.8, 4) is 11.3 Å². The maximum Gasteiger partial charge on any atom is 0.294 e. The number of halogens is 1. The van der Waals surface area contributed by atoms with E-state index < -0.39 is 11.4 Å². The highest BCUT2D eigenvalue weighted by atomic mass is 32.1. The van der Waals surface area contributed by atoms with Gasteiger partial charge in [0.2, 0.25) is 0 Å². The van der Waals surface area contributed by atoms with Crippen LogP contribution in [0, 0.1) is 19.7 Å². The minimum atomic E-state index is -0.423. The zero-order valence-corrected chi connectivity index (χ0v) is 16.1. The Balaban J connectivity index is 1.83. The molecule has 0 saturated carbocycles. The number of aryl methyl sites for hydroxylation is 2. The lowest BCUT2D eigenvalue weighted by Crippen LogP contribution is -2.27. The van der Waals surface area contributed by atoms with Gasteiger partial charge in [-0.2, -0.15) is 5.10 Å². The third kappa shape index (κ3) is 3.36. The molecule has 7 heteroatoms. The lowest BCUT2D eigenvalue weighted by atomic mass is 10.1. The Kier molecular flexibility index (Phi) is 4.60. The molecule has 2 heterocycles. The number of ketones is 1. The lowest BCUT2D eigenvalue weighted by Gasteiger charge is -2.08. The highest BCUT2D eigenvalue weighted by Gasteiger charge is 2.18. The molecule has 0 aliphatic carbocycles. The summed E-state index contributed by atoms with van der Waals surface area (Å²) in [4.78, 5) is 29.8. The Labute approximate surface area is 164 Å². The van der Waals surface area contributed by atoms with Gasteiger partial charge in [0.15, 0.2) is 11.3 Å². The molecule has 2 aromatic carbocycles. The molecule has 0 atom stereocenters. The van der Waals surface area contributed by atoms with Gasteiger partial charge in [-0.25, -0.2) is 14.1 Å². The van der Waals surface area contributed by atoms with Crippen LogP contribution in [0.5, 0.6) is 0 Å². The van der Waals surface area contributed by atoms with Gasteiger partial charge in [-0.1, -0.05) is 29.8 Å². The van der Waals surface area contributed by atoms with Crippen LogP contribution in [0.15, 0.2) is 53.3 Å². The van der Waals surface area contributed by atoms with E-state index in [0.717, 1.165) is 20.8 Å². The normalized spacial score (nSPS) is 11.1. The van der Waals surface area contributed by atoms with E-state index in [1.807, 2.05) is 38.1 Å². The standard InChI is InChI=1S/C21H16FN3O2S/c1-12-3-5-15(6-4-12)18-20-19(23-13(2)28-20)21(27)25(24-18)11-17(26)14-7-9-16(22)10-8-14/h3-10H,11H2,1-2H3. The van der Waals surface area contributed by atoms with Gasteiger partial charge in [-0.05, 0) is 38.1 Å². The second-order valence-electron chi connectivity index (χ2n) is 6.52. The van der Waals surface area contributed by atoms with Gasteiger partial charge in [0.25, 0.3) is 5.56 Å². The van der Waals surface area contributed by atoms with Crippen molar-refractivity contribution in [2.45, 2.75) is 20.4 Å². The maximum absolute atomic E-state index is 13.1.